The molecule has 2 aromatic heterocycles. The number of carbonyl (C=O) groups excluding carboxylic acids is 2. The Bertz CT molecular complexity index is 928. The molecular weight excluding hydrogens is 378 g/mol. The molecule has 0 aliphatic rings. The summed E-state index contributed by atoms with van der Waals surface area (Å²) in [7, 11) is 1.63. The number of nitrogens with zero attached hydrogens (tertiary/aromatic N) is 3. The van der Waals surface area contributed by atoms with Crippen molar-refractivity contribution >= 4 is 28.3 Å². The van der Waals surface area contributed by atoms with Gasteiger partial charge in [0.05, 0.1) is 25.4 Å². The summed E-state index contributed by atoms with van der Waals surface area (Å²) in [5.41, 5.74) is 1.92. The second kappa shape index (κ2) is 9.56. The molecule has 144 valence electrons. The lowest BCUT2D eigenvalue weighted by molar-refractivity contribution is -0.120. The smallest absolute Gasteiger partial charge is 0.277 e. The summed E-state index contributed by atoms with van der Waals surface area (Å²) in [6.45, 7) is 0.533. The van der Waals surface area contributed by atoms with Gasteiger partial charge >= 0.3 is 0 Å². The maximum Gasteiger partial charge on any atom is 0.277 e. The van der Waals surface area contributed by atoms with Gasteiger partial charge < -0.3 is 10.1 Å². The highest BCUT2D eigenvalue weighted by atomic mass is 32.1. The molecule has 2 heterocycles. The fourth-order valence-corrected chi connectivity index (χ4v) is 3.09. The summed E-state index contributed by atoms with van der Waals surface area (Å²) in [5, 5.41) is 7.68. The Balaban J connectivity index is 1.43. The van der Waals surface area contributed by atoms with Crippen molar-refractivity contribution in [2.45, 2.75) is 12.8 Å². The molecule has 2 amide bonds. The van der Waals surface area contributed by atoms with Gasteiger partial charge in [0, 0.05) is 24.3 Å². The first-order valence-corrected chi connectivity index (χ1v) is 9.43. The fourth-order valence-electron chi connectivity index (χ4n) is 2.39. The van der Waals surface area contributed by atoms with Crippen molar-refractivity contribution in [1.82, 2.24) is 20.3 Å². The predicted molar refractivity (Wildman–Crippen MR) is 106 cm³/mol. The second-order valence-electron chi connectivity index (χ2n) is 5.81. The molecule has 0 bridgehead atoms. The molecule has 0 aliphatic carbocycles. The average Bonchev–Trinajstić information content (AvgIpc) is 3.15. The third-order valence-corrected chi connectivity index (χ3v) is 4.61. The minimum absolute atomic E-state index is 0.120. The Morgan fingerprint density at radius 1 is 1.18 bits per heavy atom. The monoisotopic (exact) mass is 397 g/mol. The molecule has 2 N–H and O–H groups in total. The minimum Gasteiger partial charge on any atom is -0.497 e. The number of rotatable bonds is 8. The van der Waals surface area contributed by atoms with Crippen LogP contribution in [0.4, 0.5) is 5.13 Å². The van der Waals surface area contributed by atoms with E-state index in [-0.39, 0.29) is 18.0 Å². The number of carbonyl (C=O) groups is 2. The third kappa shape index (κ3) is 5.58. The zero-order valence-corrected chi connectivity index (χ0v) is 16.0. The average molecular weight is 397 g/mol. The lowest BCUT2D eigenvalue weighted by Crippen LogP contribution is -2.27. The van der Waals surface area contributed by atoms with E-state index in [1.165, 1.54) is 29.9 Å². The van der Waals surface area contributed by atoms with Crippen molar-refractivity contribution in [2.75, 3.05) is 19.0 Å². The highest BCUT2D eigenvalue weighted by Gasteiger charge is 2.12. The molecule has 0 saturated carbocycles. The van der Waals surface area contributed by atoms with Crippen LogP contribution in [-0.2, 0) is 17.6 Å². The van der Waals surface area contributed by atoms with Gasteiger partial charge in [-0.2, -0.15) is 0 Å². The van der Waals surface area contributed by atoms with Crippen LogP contribution >= 0.6 is 11.3 Å². The first-order valence-electron chi connectivity index (χ1n) is 8.55. The number of hydrogen-bond acceptors (Lipinski definition) is 7. The molecule has 28 heavy (non-hydrogen) atoms. The van der Waals surface area contributed by atoms with E-state index in [2.05, 4.69) is 25.6 Å². The number of methoxy groups -OCH3 is 1. The van der Waals surface area contributed by atoms with Gasteiger partial charge in [-0.1, -0.05) is 12.1 Å². The quantitative estimate of drug-likeness (QED) is 0.603. The number of anilines is 1. The lowest BCUT2D eigenvalue weighted by Gasteiger charge is -2.05. The molecule has 0 fully saturated rings. The number of nitrogens with one attached hydrogen (secondary N) is 2. The molecule has 9 heteroatoms. The van der Waals surface area contributed by atoms with Gasteiger partial charge in [-0.15, -0.1) is 11.3 Å². The van der Waals surface area contributed by atoms with Gasteiger partial charge in [-0.25, -0.2) is 9.97 Å². The Morgan fingerprint density at radius 3 is 2.71 bits per heavy atom. The van der Waals surface area contributed by atoms with Gasteiger partial charge in [-0.05, 0) is 24.1 Å². The van der Waals surface area contributed by atoms with Crippen LogP contribution < -0.4 is 15.4 Å². The summed E-state index contributed by atoms with van der Waals surface area (Å²) >= 11 is 1.26. The zero-order valence-electron chi connectivity index (χ0n) is 15.2. The van der Waals surface area contributed by atoms with Crippen LogP contribution in [0.5, 0.6) is 5.75 Å². The van der Waals surface area contributed by atoms with Crippen LogP contribution in [0.2, 0.25) is 0 Å². The number of aromatic nitrogens is 3. The molecule has 3 aromatic rings. The van der Waals surface area contributed by atoms with Gasteiger partial charge in [0.2, 0.25) is 5.91 Å². The van der Waals surface area contributed by atoms with Crippen molar-refractivity contribution < 1.29 is 14.3 Å². The van der Waals surface area contributed by atoms with Gasteiger partial charge in [0.25, 0.3) is 5.91 Å². The number of thiazole rings is 1. The van der Waals surface area contributed by atoms with Gasteiger partial charge in [0.1, 0.15) is 11.4 Å². The molecular formula is C19H19N5O3S. The van der Waals surface area contributed by atoms with Crippen molar-refractivity contribution in [3.8, 4) is 5.75 Å². The van der Waals surface area contributed by atoms with Crippen LogP contribution in [-0.4, -0.2) is 40.4 Å². The molecule has 8 nitrogen and oxygen atoms in total. The van der Waals surface area contributed by atoms with E-state index in [0.717, 1.165) is 17.7 Å². The highest BCUT2D eigenvalue weighted by molar-refractivity contribution is 7.14. The van der Waals surface area contributed by atoms with E-state index in [4.69, 9.17) is 4.74 Å². The third-order valence-electron chi connectivity index (χ3n) is 3.80. The number of amides is 2. The van der Waals surface area contributed by atoms with E-state index in [0.29, 0.717) is 17.4 Å². The Hall–Kier alpha value is -3.33. The fraction of sp³-hybridized carbons (Fsp3) is 0.211. The topological polar surface area (TPSA) is 106 Å². The van der Waals surface area contributed by atoms with Gasteiger partial charge in [0.15, 0.2) is 5.13 Å². The van der Waals surface area contributed by atoms with Crippen molar-refractivity contribution in [2.24, 2.45) is 0 Å². The summed E-state index contributed by atoms with van der Waals surface area (Å²) in [6.07, 6.45) is 5.19. The predicted octanol–water partition coefficient (Wildman–Crippen LogP) is 2.10. The van der Waals surface area contributed by atoms with Crippen molar-refractivity contribution in [3.05, 3.63) is 65.2 Å². The van der Waals surface area contributed by atoms with E-state index in [9.17, 15) is 9.59 Å². The maximum absolute atomic E-state index is 12.1. The number of hydrogen-bond donors (Lipinski definition) is 2. The zero-order chi connectivity index (χ0) is 19.8. The number of ether oxygens (including phenoxy) is 1. The first-order chi connectivity index (χ1) is 13.6. The SMILES string of the molecule is COc1ccc(CCNC(=O)Cc2csc(NC(=O)c3cnccn3)n2)cc1. The summed E-state index contributed by atoms with van der Waals surface area (Å²) < 4.78 is 5.12. The Kier molecular flexibility index (Phi) is 6.64. The summed E-state index contributed by atoms with van der Waals surface area (Å²) in [4.78, 5) is 36.2. The highest BCUT2D eigenvalue weighted by Crippen LogP contribution is 2.16. The molecule has 0 saturated heterocycles. The minimum atomic E-state index is -0.391. The molecule has 0 unspecified atom stereocenters. The van der Waals surface area contributed by atoms with E-state index >= 15 is 0 Å². The normalized spacial score (nSPS) is 10.3. The van der Waals surface area contributed by atoms with E-state index < -0.39 is 5.91 Å². The van der Waals surface area contributed by atoms with Crippen LogP contribution in [0.25, 0.3) is 0 Å². The summed E-state index contributed by atoms with van der Waals surface area (Å²) in [6, 6.07) is 7.72. The molecule has 0 atom stereocenters. The van der Waals surface area contributed by atoms with Crippen LogP contribution in [0, 0.1) is 0 Å². The maximum atomic E-state index is 12.1. The van der Waals surface area contributed by atoms with E-state index in [1.54, 1.807) is 12.5 Å². The van der Waals surface area contributed by atoms with Gasteiger partial charge in [-0.3, -0.25) is 19.9 Å². The largest absolute Gasteiger partial charge is 0.497 e. The number of benzene rings is 1. The van der Waals surface area contributed by atoms with Crippen molar-refractivity contribution in [1.29, 1.82) is 0 Å². The molecule has 0 radical (unpaired) electrons. The van der Waals surface area contributed by atoms with Crippen molar-refractivity contribution in [3.63, 3.8) is 0 Å². The molecule has 3 rings (SSSR count). The molecule has 0 aliphatic heterocycles. The standard InChI is InChI=1S/C19H19N5O3S/c1-27-15-4-2-13(3-5-15)6-7-22-17(25)10-14-12-28-19(23-14)24-18(26)16-11-20-8-9-21-16/h2-5,8-9,11-12H,6-7,10H2,1H3,(H,22,25)(H,23,24,26). The lowest BCUT2D eigenvalue weighted by atomic mass is 10.1. The first kappa shape index (κ1) is 19.4. The summed E-state index contributed by atoms with van der Waals surface area (Å²) in [5.74, 6) is 0.294. The Labute approximate surface area is 166 Å². The second-order valence-corrected chi connectivity index (χ2v) is 6.67. The van der Waals surface area contributed by atoms with Crippen LogP contribution in [0.1, 0.15) is 21.7 Å². The molecule has 0 spiro atoms. The van der Waals surface area contributed by atoms with Crippen LogP contribution in [0.3, 0.4) is 0 Å². The van der Waals surface area contributed by atoms with Crippen LogP contribution in [0.15, 0.2) is 48.2 Å². The molecule has 1 aromatic carbocycles. The van der Waals surface area contributed by atoms with E-state index in [1.807, 2.05) is 24.3 Å². The Morgan fingerprint density at radius 2 is 2.00 bits per heavy atom.